The molecule has 0 bridgehead atoms. The normalized spacial score (nSPS) is 9.94. The highest BCUT2D eigenvalue weighted by molar-refractivity contribution is 5.95. The summed E-state index contributed by atoms with van der Waals surface area (Å²) >= 11 is 0. The molecular weight excluding hydrogens is 234 g/mol. The first-order valence-corrected chi connectivity index (χ1v) is 5.76. The maximum atomic E-state index is 11.9. The van der Waals surface area contributed by atoms with Gasteiger partial charge in [-0.2, -0.15) is 10.2 Å². The number of nitrogens with zero attached hydrogens (tertiary/aromatic N) is 2. The second-order valence-corrected chi connectivity index (χ2v) is 3.78. The van der Waals surface area contributed by atoms with Gasteiger partial charge in [-0.1, -0.05) is 6.92 Å². The maximum Gasteiger partial charge on any atom is 0.307 e. The number of amides is 1. The second kappa shape index (κ2) is 6.68. The Hall–Kier alpha value is -1.98. The van der Waals surface area contributed by atoms with E-state index >= 15 is 0 Å². The number of aromatic nitrogens is 2. The van der Waals surface area contributed by atoms with Crippen LogP contribution in [-0.4, -0.2) is 35.7 Å². The molecule has 0 aliphatic heterocycles. The molecule has 0 saturated heterocycles. The van der Waals surface area contributed by atoms with Crippen LogP contribution in [0.1, 0.15) is 35.1 Å². The Bertz CT molecular complexity index is 446. The molecule has 0 aliphatic carbocycles. The number of hydrogen-bond acceptors (Lipinski definition) is 5. The van der Waals surface area contributed by atoms with E-state index in [0.29, 0.717) is 23.4 Å². The third-order valence-electron chi connectivity index (χ3n) is 2.41. The van der Waals surface area contributed by atoms with Crippen molar-refractivity contribution >= 4 is 11.9 Å². The fourth-order valence-corrected chi connectivity index (χ4v) is 1.45. The summed E-state index contributed by atoms with van der Waals surface area (Å²) < 4.78 is 4.49. The van der Waals surface area contributed by atoms with E-state index in [2.05, 4.69) is 20.3 Å². The van der Waals surface area contributed by atoms with Crippen LogP contribution in [0.2, 0.25) is 0 Å². The minimum Gasteiger partial charge on any atom is -0.469 e. The molecule has 1 N–H and O–H groups in total. The lowest BCUT2D eigenvalue weighted by atomic mass is 10.1. The Balaban J connectivity index is 2.66. The number of esters is 1. The monoisotopic (exact) mass is 251 g/mol. The maximum absolute atomic E-state index is 11.9. The van der Waals surface area contributed by atoms with Crippen LogP contribution in [0.15, 0.2) is 6.07 Å². The number of nitrogens with one attached hydrogen (secondary N) is 1. The number of rotatable bonds is 5. The van der Waals surface area contributed by atoms with Crippen molar-refractivity contribution in [2.24, 2.45) is 0 Å². The van der Waals surface area contributed by atoms with E-state index in [0.717, 1.165) is 0 Å². The molecule has 0 fully saturated rings. The van der Waals surface area contributed by atoms with Crippen LogP contribution in [0.4, 0.5) is 0 Å². The summed E-state index contributed by atoms with van der Waals surface area (Å²) in [5.74, 6) is -0.594. The van der Waals surface area contributed by atoms with E-state index in [9.17, 15) is 9.59 Å². The topological polar surface area (TPSA) is 81.2 Å². The van der Waals surface area contributed by atoms with Gasteiger partial charge in [0.2, 0.25) is 0 Å². The molecule has 98 valence electrons. The van der Waals surface area contributed by atoms with Crippen molar-refractivity contribution in [2.75, 3.05) is 13.7 Å². The molecule has 0 spiro atoms. The van der Waals surface area contributed by atoms with Crippen LogP contribution in [0.5, 0.6) is 0 Å². The average molecular weight is 251 g/mol. The van der Waals surface area contributed by atoms with Gasteiger partial charge in [-0.15, -0.1) is 0 Å². The zero-order valence-corrected chi connectivity index (χ0v) is 10.8. The Kier molecular flexibility index (Phi) is 5.23. The van der Waals surface area contributed by atoms with Gasteiger partial charge in [0, 0.05) is 6.54 Å². The van der Waals surface area contributed by atoms with Gasteiger partial charge in [-0.25, -0.2) is 0 Å². The summed E-state index contributed by atoms with van der Waals surface area (Å²) in [5, 5.41) is 10.5. The number of methoxy groups -OCH3 is 1. The van der Waals surface area contributed by atoms with Gasteiger partial charge >= 0.3 is 5.97 Å². The third kappa shape index (κ3) is 3.80. The predicted octanol–water partition coefficient (Wildman–Crippen LogP) is 0.640. The van der Waals surface area contributed by atoms with Crippen molar-refractivity contribution in [2.45, 2.75) is 26.7 Å². The zero-order valence-electron chi connectivity index (χ0n) is 10.8. The van der Waals surface area contributed by atoms with E-state index < -0.39 is 0 Å². The Morgan fingerprint density at radius 1 is 1.39 bits per heavy atom. The number of carbonyl (C=O) groups is 2. The summed E-state index contributed by atoms with van der Waals surface area (Å²) in [4.78, 5) is 22.8. The number of carbonyl (C=O) groups excluding carboxylic acids is 2. The third-order valence-corrected chi connectivity index (χ3v) is 2.41. The highest BCUT2D eigenvalue weighted by atomic mass is 16.5. The number of ether oxygens (including phenoxy) is 1. The van der Waals surface area contributed by atoms with E-state index in [-0.39, 0.29) is 24.8 Å². The molecule has 1 amide bonds. The highest BCUT2D eigenvalue weighted by Gasteiger charge is 2.12. The van der Waals surface area contributed by atoms with E-state index in [1.165, 1.54) is 7.11 Å². The van der Waals surface area contributed by atoms with Gasteiger partial charge in [0.15, 0.2) is 0 Å². The summed E-state index contributed by atoms with van der Waals surface area (Å²) in [6, 6.07) is 1.69. The number of hydrogen-bond donors (Lipinski definition) is 1. The van der Waals surface area contributed by atoms with Crippen molar-refractivity contribution in [3.8, 4) is 0 Å². The summed E-state index contributed by atoms with van der Waals surface area (Å²) in [7, 11) is 1.31. The van der Waals surface area contributed by atoms with Gasteiger partial charge in [-0.05, 0) is 19.4 Å². The molecule has 0 aliphatic rings. The molecule has 6 nitrogen and oxygen atoms in total. The molecular formula is C12H17N3O3. The fourth-order valence-electron chi connectivity index (χ4n) is 1.45. The van der Waals surface area contributed by atoms with Gasteiger partial charge in [-0.3, -0.25) is 9.59 Å². The molecule has 0 atom stereocenters. The lowest BCUT2D eigenvalue weighted by molar-refractivity contribution is -0.140. The second-order valence-electron chi connectivity index (χ2n) is 3.78. The SMILES string of the molecule is CCc1nnc(C)cc1C(=O)NCCC(=O)OC. The van der Waals surface area contributed by atoms with Crippen LogP contribution in [0, 0.1) is 6.92 Å². The summed E-state index contributed by atoms with van der Waals surface area (Å²) in [6.45, 7) is 3.93. The van der Waals surface area contributed by atoms with Gasteiger partial charge < -0.3 is 10.1 Å². The van der Waals surface area contributed by atoms with Crippen molar-refractivity contribution < 1.29 is 14.3 Å². The fraction of sp³-hybridized carbons (Fsp3) is 0.500. The van der Waals surface area contributed by atoms with Crippen molar-refractivity contribution in [1.29, 1.82) is 0 Å². The average Bonchev–Trinajstić information content (AvgIpc) is 2.38. The van der Waals surface area contributed by atoms with E-state index in [1.807, 2.05) is 6.92 Å². The zero-order chi connectivity index (χ0) is 13.5. The first kappa shape index (κ1) is 14.1. The molecule has 6 heteroatoms. The van der Waals surface area contributed by atoms with Gasteiger partial charge in [0.05, 0.1) is 30.5 Å². The minimum atomic E-state index is -0.352. The summed E-state index contributed by atoms with van der Waals surface area (Å²) in [5.41, 5.74) is 1.84. The first-order chi connectivity index (χ1) is 8.58. The van der Waals surface area contributed by atoms with Crippen molar-refractivity contribution in [1.82, 2.24) is 15.5 Å². The lowest BCUT2D eigenvalue weighted by Gasteiger charge is -2.08. The van der Waals surface area contributed by atoms with Crippen LogP contribution in [-0.2, 0) is 16.0 Å². The Morgan fingerprint density at radius 2 is 2.11 bits per heavy atom. The molecule has 0 aromatic carbocycles. The molecule has 0 unspecified atom stereocenters. The first-order valence-electron chi connectivity index (χ1n) is 5.76. The molecule has 1 heterocycles. The molecule has 0 saturated carbocycles. The standard InChI is InChI=1S/C12H17N3O3/c1-4-10-9(7-8(2)14-15-10)12(17)13-6-5-11(16)18-3/h7H,4-6H2,1-3H3,(H,13,17). The van der Waals surface area contributed by atoms with Crippen LogP contribution in [0.25, 0.3) is 0 Å². The minimum absolute atomic E-state index is 0.154. The number of aryl methyl sites for hydroxylation is 2. The van der Waals surface area contributed by atoms with Crippen LogP contribution < -0.4 is 5.32 Å². The molecule has 1 aromatic heterocycles. The predicted molar refractivity (Wildman–Crippen MR) is 65.1 cm³/mol. The molecule has 0 radical (unpaired) electrons. The molecule has 1 rings (SSSR count). The molecule has 1 aromatic rings. The largest absolute Gasteiger partial charge is 0.469 e. The highest BCUT2D eigenvalue weighted by Crippen LogP contribution is 2.07. The Labute approximate surface area is 106 Å². The summed E-state index contributed by atoms with van der Waals surface area (Å²) in [6.07, 6.45) is 0.786. The van der Waals surface area contributed by atoms with Crippen LogP contribution in [0.3, 0.4) is 0 Å². The van der Waals surface area contributed by atoms with Crippen LogP contribution >= 0.6 is 0 Å². The molecule has 18 heavy (non-hydrogen) atoms. The van der Waals surface area contributed by atoms with Gasteiger partial charge in [0.25, 0.3) is 5.91 Å². The van der Waals surface area contributed by atoms with Crippen molar-refractivity contribution in [3.05, 3.63) is 23.0 Å². The van der Waals surface area contributed by atoms with Crippen molar-refractivity contribution in [3.63, 3.8) is 0 Å². The lowest BCUT2D eigenvalue weighted by Crippen LogP contribution is -2.27. The van der Waals surface area contributed by atoms with Gasteiger partial charge in [0.1, 0.15) is 0 Å². The smallest absolute Gasteiger partial charge is 0.307 e. The van der Waals surface area contributed by atoms with E-state index in [1.54, 1.807) is 13.0 Å². The quantitative estimate of drug-likeness (QED) is 0.777. The Morgan fingerprint density at radius 3 is 2.72 bits per heavy atom. The van der Waals surface area contributed by atoms with E-state index in [4.69, 9.17) is 0 Å².